The van der Waals surface area contributed by atoms with Crippen molar-refractivity contribution in [2.24, 2.45) is 0 Å². The van der Waals surface area contributed by atoms with Crippen LogP contribution >= 0.6 is 0 Å². The molecule has 2 nitrogen and oxygen atoms in total. The number of morpholine rings is 1. The molecule has 0 unspecified atom stereocenters. The molecule has 3 rings (SSSR count). The third-order valence-electron chi connectivity index (χ3n) is 4.21. The van der Waals surface area contributed by atoms with Crippen LogP contribution in [0.2, 0.25) is 0 Å². The van der Waals surface area contributed by atoms with Crippen molar-refractivity contribution in [1.29, 1.82) is 0 Å². The van der Waals surface area contributed by atoms with E-state index in [1.165, 1.54) is 30.4 Å². The van der Waals surface area contributed by atoms with Crippen LogP contribution in [0.1, 0.15) is 37.0 Å². The predicted octanol–water partition coefficient (Wildman–Crippen LogP) is 2.78. The van der Waals surface area contributed by atoms with Crippen molar-refractivity contribution in [3.05, 3.63) is 35.4 Å². The van der Waals surface area contributed by atoms with Crippen molar-refractivity contribution in [2.45, 2.75) is 38.3 Å². The van der Waals surface area contributed by atoms with Crippen LogP contribution < -0.4 is 0 Å². The van der Waals surface area contributed by atoms with Crippen LogP contribution in [0.3, 0.4) is 0 Å². The van der Waals surface area contributed by atoms with E-state index < -0.39 is 0 Å². The maximum absolute atomic E-state index is 6.08. The van der Waals surface area contributed by atoms with Crippen LogP contribution in [0.5, 0.6) is 0 Å². The molecule has 2 aliphatic rings. The molecule has 0 saturated carbocycles. The Bertz CT molecular complexity index is 390. The summed E-state index contributed by atoms with van der Waals surface area (Å²) in [6, 6.07) is 9.43. The van der Waals surface area contributed by atoms with E-state index in [2.05, 4.69) is 36.1 Å². The normalized spacial score (nSPS) is 29.2. The highest BCUT2D eigenvalue weighted by Crippen LogP contribution is 2.36. The molecule has 92 valence electrons. The van der Waals surface area contributed by atoms with Gasteiger partial charge in [0.2, 0.25) is 0 Å². The van der Waals surface area contributed by atoms with Gasteiger partial charge in [0.15, 0.2) is 0 Å². The fraction of sp³-hybridized carbons (Fsp3) is 0.600. The van der Waals surface area contributed by atoms with Gasteiger partial charge in [-0.25, -0.2) is 0 Å². The molecule has 1 aromatic rings. The molecular weight excluding hydrogens is 210 g/mol. The van der Waals surface area contributed by atoms with E-state index in [0.29, 0.717) is 12.1 Å². The summed E-state index contributed by atoms with van der Waals surface area (Å²) in [5.41, 5.74) is 2.94. The molecule has 1 aliphatic heterocycles. The summed E-state index contributed by atoms with van der Waals surface area (Å²) >= 11 is 0. The fourth-order valence-corrected chi connectivity index (χ4v) is 3.33. The van der Waals surface area contributed by atoms with Crippen LogP contribution in [0.4, 0.5) is 0 Å². The number of fused-ring (bicyclic) bond motifs is 3. The third kappa shape index (κ3) is 2.00. The smallest absolute Gasteiger partial charge is 0.0983 e. The molecule has 1 fully saturated rings. The lowest BCUT2D eigenvalue weighted by molar-refractivity contribution is -0.0728. The maximum atomic E-state index is 6.08. The monoisotopic (exact) mass is 231 g/mol. The quantitative estimate of drug-likeness (QED) is 0.737. The molecule has 0 amide bonds. The van der Waals surface area contributed by atoms with Crippen LogP contribution in [-0.4, -0.2) is 30.6 Å². The van der Waals surface area contributed by atoms with Gasteiger partial charge in [0.25, 0.3) is 0 Å². The summed E-state index contributed by atoms with van der Waals surface area (Å²) in [5, 5.41) is 0. The molecule has 1 aliphatic carbocycles. The Morgan fingerprint density at radius 2 is 2.24 bits per heavy atom. The Morgan fingerprint density at radius 3 is 3.12 bits per heavy atom. The van der Waals surface area contributed by atoms with Crippen LogP contribution in [0.15, 0.2) is 24.3 Å². The highest BCUT2D eigenvalue weighted by molar-refractivity contribution is 5.31. The number of rotatable bonds is 1. The summed E-state index contributed by atoms with van der Waals surface area (Å²) in [6.45, 7) is 5.38. The summed E-state index contributed by atoms with van der Waals surface area (Å²) in [7, 11) is 0. The standard InChI is InChI=1S/C15H21NO/c1-2-16-10-11-17-15-13-8-4-3-6-12(13)7-5-9-14(15)16/h3-4,6,8,14-15H,2,5,7,9-11H2,1H3/t14-,15-/m0/s1. The van der Waals surface area contributed by atoms with E-state index in [4.69, 9.17) is 4.74 Å². The first-order valence-electron chi connectivity index (χ1n) is 6.83. The zero-order valence-corrected chi connectivity index (χ0v) is 10.6. The van der Waals surface area contributed by atoms with Crippen molar-refractivity contribution in [3.63, 3.8) is 0 Å². The first kappa shape index (κ1) is 11.2. The maximum Gasteiger partial charge on any atom is 0.0983 e. The van der Waals surface area contributed by atoms with Crippen molar-refractivity contribution in [2.75, 3.05) is 19.7 Å². The fourth-order valence-electron chi connectivity index (χ4n) is 3.33. The van der Waals surface area contributed by atoms with Crippen molar-refractivity contribution in [3.8, 4) is 0 Å². The Hall–Kier alpha value is -0.860. The average molecular weight is 231 g/mol. The first-order chi connectivity index (χ1) is 8.40. The van der Waals surface area contributed by atoms with Crippen LogP contribution in [0, 0.1) is 0 Å². The van der Waals surface area contributed by atoms with Crippen LogP contribution in [-0.2, 0) is 11.2 Å². The molecule has 1 aromatic carbocycles. The van der Waals surface area contributed by atoms with E-state index in [1.807, 2.05) is 0 Å². The van der Waals surface area contributed by atoms with Gasteiger partial charge < -0.3 is 4.74 Å². The molecule has 0 spiro atoms. The lowest BCUT2D eigenvalue weighted by Crippen LogP contribution is -2.46. The Balaban J connectivity index is 1.97. The number of aryl methyl sites for hydroxylation is 1. The molecule has 0 aromatic heterocycles. The molecule has 1 saturated heterocycles. The van der Waals surface area contributed by atoms with E-state index in [-0.39, 0.29) is 0 Å². The number of likely N-dealkylation sites (N-methyl/N-ethyl adjacent to an activating group) is 1. The minimum atomic E-state index is 0.308. The van der Waals surface area contributed by atoms with Gasteiger partial charge in [0.1, 0.15) is 0 Å². The Morgan fingerprint density at radius 1 is 1.35 bits per heavy atom. The summed E-state index contributed by atoms with van der Waals surface area (Å²) in [5.74, 6) is 0. The molecule has 0 bridgehead atoms. The number of benzene rings is 1. The van der Waals surface area contributed by atoms with Gasteiger partial charge in [-0.15, -0.1) is 0 Å². The van der Waals surface area contributed by atoms with Gasteiger partial charge in [0, 0.05) is 12.6 Å². The lowest BCUT2D eigenvalue weighted by atomic mass is 9.96. The van der Waals surface area contributed by atoms with Gasteiger partial charge in [0.05, 0.1) is 12.7 Å². The molecule has 2 atom stereocenters. The summed E-state index contributed by atoms with van der Waals surface area (Å²) in [4.78, 5) is 2.59. The summed E-state index contributed by atoms with van der Waals surface area (Å²) in [6.07, 6.45) is 4.08. The molecule has 2 heteroatoms. The largest absolute Gasteiger partial charge is 0.371 e. The second kappa shape index (κ2) is 4.79. The molecule has 17 heavy (non-hydrogen) atoms. The molecule has 0 radical (unpaired) electrons. The minimum absolute atomic E-state index is 0.308. The zero-order valence-electron chi connectivity index (χ0n) is 10.6. The second-order valence-corrected chi connectivity index (χ2v) is 5.08. The lowest BCUT2D eigenvalue weighted by Gasteiger charge is -2.40. The Kier molecular flexibility index (Phi) is 3.17. The van der Waals surface area contributed by atoms with Gasteiger partial charge >= 0.3 is 0 Å². The van der Waals surface area contributed by atoms with E-state index in [0.717, 1.165) is 19.7 Å². The molecule has 1 heterocycles. The number of nitrogens with zero attached hydrogens (tertiary/aromatic N) is 1. The third-order valence-corrected chi connectivity index (χ3v) is 4.21. The zero-order chi connectivity index (χ0) is 11.7. The number of hydrogen-bond donors (Lipinski definition) is 0. The first-order valence-corrected chi connectivity index (χ1v) is 6.83. The summed E-state index contributed by atoms with van der Waals surface area (Å²) < 4.78 is 6.08. The van der Waals surface area contributed by atoms with E-state index in [9.17, 15) is 0 Å². The van der Waals surface area contributed by atoms with Crippen molar-refractivity contribution >= 4 is 0 Å². The van der Waals surface area contributed by atoms with E-state index in [1.54, 1.807) is 0 Å². The molecule has 0 N–H and O–H groups in total. The highest BCUT2D eigenvalue weighted by Gasteiger charge is 2.34. The van der Waals surface area contributed by atoms with Gasteiger partial charge in [-0.3, -0.25) is 4.90 Å². The van der Waals surface area contributed by atoms with Gasteiger partial charge in [-0.2, -0.15) is 0 Å². The van der Waals surface area contributed by atoms with Crippen molar-refractivity contribution in [1.82, 2.24) is 4.90 Å². The SMILES string of the molecule is CCN1CCO[C@H]2c3ccccc3CCC[C@@H]21. The number of ether oxygens (including phenoxy) is 1. The van der Waals surface area contributed by atoms with Gasteiger partial charge in [-0.05, 0) is 36.9 Å². The minimum Gasteiger partial charge on any atom is -0.371 e. The predicted molar refractivity (Wildman–Crippen MR) is 69.1 cm³/mol. The average Bonchev–Trinajstić information content (AvgIpc) is 2.58. The van der Waals surface area contributed by atoms with Gasteiger partial charge in [-0.1, -0.05) is 31.2 Å². The Labute approximate surface area is 104 Å². The second-order valence-electron chi connectivity index (χ2n) is 5.08. The molecular formula is C15H21NO. The highest BCUT2D eigenvalue weighted by atomic mass is 16.5. The number of hydrogen-bond acceptors (Lipinski definition) is 2. The topological polar surface area (TPSA) is 12.5 Å². The van der Waals surface area contributed by atoms with E-state index >= 15 is 0 Å². The van der Waals surface area contributed by atoms with Crippen molar-refractivity contribution < 1.29 is 4.74 Å². The van der Waals surface area contributed by atoms with Crippen LogP contribution in [0.25, 0.3) is 0 Å².